The van der Waals surface area contributed by atoms with Crippen LogP contribution in [-0.4, -0.2) is 41.9 Å². The van der Waals surface area contributed by atoms with Gasteiger partial charge in [0.1, 0.15) is 11.9 Å². The van der Waals surface area contributed by atoms with Crippen molar-refractivity contribution in [3.8, 4) is 22.8 Å². The molecule has 4 rings (SSSR count). The number of alkyl halides is 2. The summed E-state index contributed by atoms with van der Waals surface area (Å²) in [6.45, 7) is 0.618. The minimum atomic E-state index is -2.85. The number of nitrogens with one attached hydrogen (secondary N) is 1. The lowest BCUT2D eigenvalue weighted by molar-refractivity contribution is -0.0498. The molecule has 1 aromatic carbocycles. The maximum atomic E-state index is 12.4. The first kappa shape index (κ1) is 20.8. The molecule has 2 heterocycles. The van der Waals surface area contributed by atoms with Crippen molar-refractivity contribution in [3.05, 3.63) is 30.5 Å². The van der Waals surface area contributed by atoms with Crippen LogP contribution in [-0.2, 0) is 4.74 Å². The van der Waals surface area contributed by atoms with Crippen LogP contribution in [0.5, 0.6) is 11.6 Å². The van der Waals surface area contributed by atoms with E-state index in [1.54, 1.807) is 18.3 Å². The summed E-state index contributed by atoms with van der Waals surface area (Å²) >= 11 is 0. The van der Waals surface area contributed by atoms with Gasteiger partial charge in [-0.2, -0.15) is 13.8 Å². The molecule has 0 spiro atoms. The van der Waals surface area contributed by atoms with Crippen LogP contribution in [0.2, 0.25) is 0 Å². The van der Waals surface area contributed by atoms with Gasteiger partial charge in [-0.25, -0.2) is 4.98 Å². The number of anilines is 1. The summed E-state index contributed by atoms with van der Waals surface area (Å²) in [5.74, 6) is 1.88. The Morgan fingerprint density at radius 1 is 1.10 bits per heavy atom. The molecule has 2 aromatic rings. The van der Waals surface area contributed by atoms with Crippen LogP contribution in [0.15, 0.2) is 30.5 Å². The van der Waals surface area contributed by atoms with Crippen molar-refractivity contribution >= 4 is 5.95 Å². The molecule has 0 amide bonds. The molecule has 30 heavy (non-hydrogen) atoms. The second kappa shape index (κ2) is 9.55. The Balaban J connectivity index is 1.55. The van der Waals surface area contributed by atoms with Crippen LogP contribution in [0.1, 0.15) is 39.0 Å². The van der Waals surface area contributed by atoms with Gasteiger partial charge in [-0.3, -0.25) is 0 Å². The second-order valence-electron chi connectivity index (χ2n) is 8.02. The van der Waals surface area contributed by atoms with Crippen molar-refractivity contribution < 1.29 is 23.0 Å². The van der Waals surface area contributed by atoms with Gasteiger partial charge in [0, 0.05) is 18.7 Å². The fourth-order valence-electron chi connectivity index (χ4n) is 3.89. The minimum absolute atomic E-state index is 0.0662. The molecular weight excluding hydrogens is 392 g/mol. The van der Waals surface area contributed by atoms with E-state index in [1.165, 1.54) is 25.0 Å². The highest BCUT2D eigenvalue weighted by atomic mass is 19.3. The number of rotatable bonds is 7. The Kier molecular flexibility index (Phi) is 6.62. The van der Waals surface area contributed by atoms with Crippen LogP contribution in [0.4, 0.5) is 14.7 Å². The quantitative estimate of drug-likeness (QED) is 0.688. The summed E-state index contributed by atoms with van der Waals surface area (Å²) in [5, 5.41) is 3.44. The number of aromatic nitrogens is 2. The number of hydrogen-bond acceptors (Lipinski definition) is 6. The number of ether oxygens (including phenoxy) is 3. The fraction of sp³-hybridized carbons (Fsp3) is 0.545. The molecule has 0 radical (unpaired) electrons. The van der Waals surface area contributed by atoms with Crippen LogP contribution in [0.3, 0.4) is 0 Å². The molecule has 0 bridgehead atoms. The number of benzene rings is 1. The zero-order chi connectivity index (χ0) is 20.9. The number of nitrogens with zero attached hydrogens (tertiary/aromatic N) is 2. The molecule has 2 aliphatic rings. The molecule has 8 heteroatoms. The van der Waals surface area contributed by atoms with Crippen LogP contribution in [0.25, 0.3) is 11.1 Å². The molecule has 1 aliphatic heterocycles. The fourth-order valence-corrected chi connectivity index (χ4v) is 3.89. The molecular formula is C22H27F2N3O3. The van der Waals surface area contributed by atoms with Crippen molar-refractivity contribution in [2.24, 2.45) is 5.92 Å². The number of hydrogen-bond donors (Lipinski definition) is 1. The second-order valence-corrected chi connectivity index (χ2v) is 8.02. The topological polar surface area (TPSA) is 65.5 Å². The lowest BCUT2D eigenvalue weighted by Crippen LogP contribution is -2.26. The summed E-state index contributed by atoms with van der Waals surface area (Å²) in [6.07, 6.45) is 7.05. The van der Waals surface area contributed by atoms with Crippen molar-refractivity contribution in [3.63, 3.8) is 0 Å². The van der Waals surface area contributed by atoms with Gasteiger partial charge < -0.3 is 19.5 Å². The molecule has 1 unspecified atom stereocenters. The molecule has 162 valence electrons. The average Bonchev–Trinajstić information content (AvgIpc) is 3.23. The normalized spacial score (nSPS) is 24.1. The SMILES string of the molecule is CC1CCC(Nc2ncc(-c3ccc(OC(F)F)cc3)c(OC3CCOC3)n2)CC1. The van der Waals surface area contributed by atoms with Gasteiger partial charge >= 0.3 is 6.61 Å². The molecule has 6 nitrogen and oxygen atoms in total. The van der Waals surface area contributed by atoms with Gasteiger partial charge in [0.2, 0.25) is 11.8 Å². The van der Waals surface area contributed by atoms with E-state index in [9.17, 15) is 8.78 Å². The number of halogens is 2. The lowest BCUT2D eigenvalue weighted by Gasteiger charge is -2.27. The van der Waals surface area contributed by atoms with Gasteiger partial charge in [0.25, 0.3) is 0 Å². The molecule has 2 fully saturated rings. The summed E-state index contributed by atoms with van der Waals surface area (Å²) in [4.78, 5) is 9.13. The van der Waals surface area contributed by atoms with E-state index in [1.807, 2.05) is 0 Å². The van der Waals surface area contributed by atoms with Gasteiger partial charge in [0.15, 0.2) is 0 Å². The lowest BCUT2D eigenvalue weighted by atomic mass is 9.87. The van der Waals surface area contributed by atoms with E-state index in [0.29, 0.717) is 36.6 Å². The smallest absolute Gasteiger partial charge is 0.387 e. The highest BCUT2D eigenvalue weighted by molar-refractivity contribution is 5.69. The van der Waals surface area contributed by atoms with Gasteiger partial charge in [-0.1, -0.05) is 19.1 Å². The van der Waals surface area contributed by atoms with E-state index >= 15 is 0 Å². The first-order valence-electron chi connectivity index (χ1n) is 10.5. The minimum Gasteiger partial charge on any atom is -0.471 e. The Bertz CT molecular complexity index is 821. The summed E-state index contributed by atoms with van der Waals surface area (Å²) in [6, 6.07) is 6.76. The van der Waals surface area contributed by atoms with Crippen molar-refractivity contribution in [2.45, 2.75) is 57.8 Å². The monoisotopic (exact) mass is 419 g/mol. The highest BCUT2D eigenvalue weighted by Crippen LogP contribution is 2.32. The zero-order valence-electron chi connectivity index (χ0n) is 17.0. The Morgan fingerprint density at radius 2 is 1.87 bits per heavy atom. The molecule has 1 saturated heterocycles. The predicted octanol–water partition coefficient (Wildman–Crippen LogP) is 4.90. The van der Waals surface area contributed by atoms with Gasteiger partial charge in [-0.05, 0) is 49.3 Å². The molecule has 1 atom stereocenters. The third-order valence-electron chi connectivity index (χ3n) is 5.66. The Morgan fingerprint density at radius 3 is 2.53 bits per heavy atom. The molecule has 1 saturated carbocycles. The first-order chi connectivity index (χ1) is 14.6. The molecule has 1 aromatic heterocycles. The van der Waals surface area contributed by atoms with Crippen LogP contribution < -0.4 is 14.8 Å². The third-order valence-corrected chi connectivity index (χ3v) is 5.66. The Hall–Kier alpha value is -2.48. The Labute approximate surface area is 175 Å². The maximum Gasteiger partial charge on any atom is 0.387 e. The molecule has 1 aliphatic carbocycles. The van der Waals surface area contributed by atoms with E-state index in [0.717, 1.165) is 30.7 Å². The van der Waals surface area contributed by atoms with Crippen LogP contribution in [0, 0.1) is 5.92 Å². The van der Waals surface area contributed by atoms with Crippen molar-refractivity contribution in [2.75, 3.05) is 18.5 Å². The third kappa shape index (κ3) is 5.36. The van der Waals surface area contributed by atoms with Crippen molar-refractivity contribution in [1.82, 2.24) is 9.97 Å². The largest absolute Gasteiger partial charge is 0.471 e. The predicted molar refractivity (Wildman–Crippen MR) is 109 cm³/mol. The van der Waals surface area contributed by atoms with Crippen LogP contribution >= 0.6 is 0 Å². The van der Waals surface area contributed by atoms with Gasteiger partial charge in [-0.15, -0.1) is 0 Å². The molecule has 1 N–H and O–H groups in total. The van der Waals surface area contributed by atoms with E-state index in [4.69, 9.17) is 9.47 Å². The average molecular weight is 419 g/mol. The van der Waals surface area contributed by atoms with E-state index < -0.39 is 6.61 Å². The summed E-state index contributed by atoms with van der Waals surface area (Å²) in [5.41, 5.74) is 1.47. The van der Waals surface area contributed by atoms with E-state index in [-0.39, 0.29) is 11.9 Å². The van der Waals surface area contributed by atoms with E-state index in [2.05, 4.69) is 26.9 Å². The summed E-state index contributed by atoms with van der Waals surface area (Å²) < 4.78 is 40.8. The van der Waals surface area contributed by atoms with Crippen molar-refractivity contribution in [1.29, 1.82) is 0 Å². The highest BCUT2D eigenvalue weighted by Gasteiger charge is 2.23. The summed E-state index contributed by atoms with van der Waals surface area (Å²) in [7, 11) is 0. The van der Waals surface area contributed by atoms with Gasteiger partial charge in [0.05, 0.1) is 18.8 Å². The standard InChI is InChI=1S/C22H27F2N3O3/c1-14-2-6-16(7-3-14)26-22-25-12-19(20(27-22)29-18-10-11-28-13-18)15-4-8-17(9-5-15)30-21(23)24/h4-5,8-9,12,14,16,18,21H,2-3,6-7,10-11,13H2,1H3,(H,25,26,27). The first-order valence-corrected chi connectivity index (χ1v) is 10.5. The zero-order valence-corrected chi connectivity index (χ0v) is 17.0. The maximum absolute atomic E-state index is 12.4.